The average Bonchev–Trinajstić information content (AvgIpc) is 2.84. The normalized spacial score (nSPS) is 18.3. The number of benzene rings is 1. The first-order valence-corrected chi connectivity index (χ1v) is 6.60. The van der Waals surface area contributed by atoms with Crippen LogP contribution in [-0.4, -0.2) is 37.0 Å². The van der Waals surface area contributed by atoms with Gasteiger partial charge < -0.3 is 10.2 Å². The summed E-state index contributed by atoms with van der Waals surface area (Å²) in [4.78, 5) is 13.8. The number of halogens is 3. The van der Waals surface area contributed by atoms with Gasteiger partial charge in [-0.25, -0.2) is 4.39 Å². The number of nitrogens with zero attached hydrogens (tertiary/aromatic N) is 1. The van der Waals surface area contributed by atoms with Crippen molar-refractivity contribution in [2.24, 2.45) is 0 Å². The molecule has 1 N–H and O–H groups in total. The molecule has 100 valence electrons. The lowest BCUT2D eigenvalue weighted by Gasteiger charge is -2.23. The zero-order chi connectivity index (χ0) is 12.4. The Morgan fingerprint density at radius 2 is 2.28 bits per heavy atom. The van der Waals surface area contributed by atoms with Crippen LogP contribution in [0.15, 0.2) is 18.2 Å². The van der Waals surface area contributed by atoms with Gasteiger partial charge in [0, 0.05) is 28.8 Å². The summed E-state index contributed by atoms with van der Waals surface area (Å²) in [6, 6.07) is 4.82. The van der Waals surface area contributed by atoms with Crippen LogP contribution in [0.3, 0.4) is 0 Å². The van der Waals surface area contributed by atoms with Gasteiger partial charge in [0.25, 0.3) is 5.91 Å². The van der Waals surface area contributed by atoms with E-state index in [1.165, 1.54) is 6.07 Å². The standard InChI is InChI=1S/C12H14FIN2O.ClH/c1-16(9-4-5-15-7-9)12(17)8-2-3-11(14)10(13)6-8;/h2-3,6,9,15H,4-5,7H2,1H3;1H. The van der Waals surface area contributed by atoms with Gasteiger partial charge in [-0.05, 0) is 53.8 Å². The molecule has 1 aromatic carbocycles. The van der Waals surface area contributed by atoms with Crippen LogP contribution in [-0.2, 0) is 0 Å². The molecule has 1 aliphatic rings. The number of nitrogens with one attached hydrogen (secondary N) is 1. The highest BCUT2D eigenvalue weighted by Gasteiger charge is 2.24. The van der Waals surface area contributed by atoms with Gasteiger partial charge in [0.1, 0.15) is 5.82 Å². The van der Waals surface area contributed by atoms with E-state index in [1.807, 2.05) is 22.6 Å². The van der Waals surface area contributed by atoms with Gasteiger partial charge >= 0.3 is 0 Å². The van der Waals surface area contributed by atoms with E-state index < -0.39 is 0 Å². The summed E-state index contributed by atoms with van der Waals surface area (Å²) in [6.07, 6.45) is 0.953. The molecule has 0 bridgehead atoms. The van der Waals surface area contributed by atoms with Crippen molar-refractivity contribution in [1.82, 2.24) is 10.2 Å². The first kappa shape index (κ1) is 15.7. The summed E-state index contributed by atoms with van der Waals surface area (Å²) in [5.41, 5.74) is 0.414. The molecule has 6 heteroatoms. The highest BCUT2D eigenvalue weighted by molar-refractivity contribution is 14.1. The van der Waals surface area contributed by atoms with Crippen LogP contribution in [0, 0.1) is 9.39 Å². The minimum absolute atomic E-state index is 0. The maximum absolute atomic E-state index is 13.4. The molecule has 0 saturated carbocycles. The van der Waals surface area contributed by atoms with E-state index in [9.17, 15) is 9.18 Å². The van der Waals surface area contributed by atoms with Crippen molar-refractivity contribution >= 4 is 40.9 Å². The largest absolute Gasteiger partial charge is 0.337 e. The van der Waals surface area contributed by atoms with E-state index in [-0.39, 0.29) is 30.2 Å². The highest BCUT2D eigenvalue weighted by Crippen LogP contribution is 2.16. The van der Waals surface area contributed by atoms with E-state index in [0.29, 0.717) is 9.13 Å². The van der Waals surface area contributed by atoms with Crippen molar-refractivity contribution in [1.29, 1.82) is 0 Å². The zero-order valence-corrected chi connectivity index (χ0v) is 12.9. The fourth-order valence-electron chi connectivity index (χ4n) is 1.97. The summed E-state index contributed by atoms with van der Waals surface area (Å²) in [6.45, 7) is 1.75. The molecule has 0 aromatic heterocycles. The summed E-state index contributed by atoms with van der Waals surface area (Å²) < 4.78 is 13.9. The van der Waals surface area contributed by atoms with Crippen LogP contribution in [0.5, 0.6) is 0 Å². The van der Waals surface area contributed by atoms with Gasteiger partial charge in [0.2, 0.25) is 0 Å². The Hall–Kier alpha value is -0.400. The molecular formula is C12H15ClFIN2O. The highest BCUT2D eigenvalue weighted by atomic mass is 127. The van der Waals surface area contributed by atoms with E-state index in [4.69, 9.17) is 0 Å². The monoisotopic (exact) mass is 384 g/mol. The third-order valence-corrected chi connectivity index (χ3v) is 3.94. The van der Waals surface area contributed by atoms with Crippen molar-refractivity contribution < 1.29 is 9.18 Å². The predicted octanol–water partition coefficient (Wildman–Crippen LogP) is 2.29. The molecular weight excluding hydrogens is 370 g/mol. The Bertz CT molecular complexity index is 438. The van der Waals surface area contributed by atoms with Crippen LogP contribution < -0.4 is 5.32 Å². The molecule has 0 aliphatic carbocycles. The van der Waals surface area contributed by atoms with E-state index >= 15 is 0 Å². The molecule has 1 aliphatic heterocycles. The molecule has 18 heavy (non-hydrogen) atoms. The SMILES string of the molecule is CN(C(=O)c1ccc(I)c(F)c1)C1CCNC1.Cl. The van der Waals surface area contributed by atoms with E-state index in [1.54, 1.807) is 24.1 Å². The predicted molar refractivity (Wildman–Crippen MR) is 79.7 cm³/mol. The third kappa shape index (κ3) is 3.33. The minimum Gasteiger partial charge on any atom is -0.337 e. The fourth-order valence-corrected chi connectivity index (χ4v) is 2.30. The fraction of sp³-hybridized carbons (Fsp3) is 0.417. The van der Waals surface area contributed by atoms with Crippen molar-refractivity contribution in [3.8, 4) is 0 Å². The second-order valence-corrected chi connectivity index (χ2v) is 5.35. The molecule has 3 nitrogen and oxygen atoms in total. The van der Waals surface area contributed by atoms with Crippen LogP contribution in [0.1, 0.15) is 16.8 Å². The molecule has 1 unspecified atom stereocenters. The van der Waals surface area contributed by atoms with Gasteiger partial charge in [0.05, 0.1) is 0 Å². The molecule has 1 amide bonds. The Morgan fingerprint density at radius 1 is 1.56 bits per heavy atom. The molecule has 1 atom stereocenters. The van der Waals surface area contributed by atoms with Gasteiger partial charge in [-0.15, -0.1) is 12.4 Å². The Kier molecular flexibility index (Phi) is 5.81. The first-order valence-electron chi connectivity index (χ1n) is 5.52. The molecule has 1 saturated heterocycles. The van der Waals surface area contributed by atoms with Crippen molar-refractivity contribution in [3.05, 3.63) is 33.1 Å². The third-order valence-electron chi connectivity index (χ3n) is 3.07. The van der Waals surface area contributed by atoms with Gasteiger partial charge in [-0.3, -0.25) is 4.79 Å². The lowest BCUT2D eigenvalue weighted by molar-refractivity contribution is 0.0743. The Labute approximate surface area is 126 Å². The smallest absolute Gasteiger partial charge is 0.253 e. The quantitative estimate of drug-likeness (QED) is 0.794. The van der Waals surface area contributed by atoms with Crippen LogP contribution in [0.4, 0.5) is 4.39 Å². The first-order chi connectivity index (χ1) is 8.09. The topological polar surface area (TPSA) is 32.3 Å². The Balaban J connectivity index is 0.00000162. The molecule has 0 radical (unpaired) electrons. The van der Waals surface area contributed by atoms with Gasteiger partial charge in [-0.2, -0.15) is 0 Å². The minimum atomic E-state index is -0.339. The molecule has 0 spiro atoms. The molecule has 1 heterocycles. The number of amides is 1. The summed E-state index contributed by atoms with van der Waals surface area (Å²) >= 11 is 1.91. The van der Waals surface area contributed by atoms with E-state index in [0.717, 1.165) is 19.5 Å². The number of rotatable bonds is 2. The van der Waals surface area contributed by atoms with Gasteiger partial charge in [-0.1, -0.05) is 0 Å². The molecule has 1 fully saturated rings. The van der Waals surface area contributed by atoms with Crippen molar-refractivity contribution in [2.75, 3.05) is 20.1 Å². The number of hydrogen-bond donors (Lipinski definition) is 1. The summed E-state index contributed by atoms with van der Waals surface area (Å²) in [5.74, 6) is -0.455. The van der Waals surface area contributed by atoms with E-state index in [2.05, 4.69) is 5.32 Å². The second-order valence-electron chi connectivity index (χ2n) is 4.19. The van der Waals surface area contributed by atoms with Crippen molar-refractivity contribution in [2.45, 2.75) is 12.5 Å². The molecule has 1 aromatic rings. The maximum atomic E-state index is 13.4. The number of hydrogen-bond acceptors (Lipinski definition) is 2. The summed E-state index contributed by atoms with van der Waals surface area (Å²) in [7, 11) is 1.77. The lowest BCUT2D eigenvalue weighted by atomic mass is 10.1. The number of carbonyl (C=O) groups is 1. The molecule has 2 rings (SSSR count). The van der Waals surface area contributed by atoms with Crippen LogP contribution in [0.25, 0.3) is 0 Å². The lowest BCUT2D eigenvalue weighted by Crippen LogP contribution is -2.38. The van der Waals surface area contributed by atoms with Crippen LogP contribution in [0.2, 0.25) is 0 Å². The zero-order valence-electron chi connectivity index (χ0n) is 9.95. The Morgan fingerprint density at radius 3 is 2.83 bits per heavy atom. The van der Waals surface area contributed by atoms with Gasteiger partial charge in [0.15, 0.2) is 0 Å². The van der Waals surface area contributed by atoms with Crippen molar-refractivity contribution in [3.63, 3.8) is 0 Å². The summed E-state index contributed by atoms with van der Waals surface area (Å²) in [5, 5.41) is 3.21. The number of likely N-dealkylation sites (N-methyl/N-ethyl adjacent to an activating group) is 1. The maximum Gasteiger partial charge on any atom is 0.253 e. The second kappa shape index (κ2) is 6.68. The number of carbonyl (C=O) groups excluding carboxylic acids is 1. The average molecular weight is 385 g/mol. The van der Waals surface area contributed by atoms with Crippen LogP contribution >= 0.6 is 35.0 Å².